The zero-order chi connectivity index (χ0) is 26.4. The van der Waals surface area contributed by atoms with Crippen LogP contribution in [0.25, 0.3) is 11.1 Å². The molecule has 3 fully saturated rings. The summed E-state index contributed by atoms with van der Waals surface area (Å²) >= 11 is 0. The van der Waals surface area contributed by atoms with E-state index in [1.807, 2.05) is 0 Å². The van der Waals surface area contributed by atoms with Crippen molar-refractivity contribution in [1.29, 1.82) is 0 Å². The van der Waals surface area contributed by atoms with Gasteiger partial charge in [-0.05, 0) is 43.5 Å². The fourth-order valence-corrected chi connectivity index (χ4v) is 5.58. The van der Waals surface area contributed by atoms with Crippen molar-refractivity contribution in [2.45, 2.75) is 56.1 Å². The highest BCUT2D eigenvalue weighted by Gasteiger charge is 2.40. The van der Waals surface area contributed by atoms with Crippen molar-refractivity contribution in [2.24, 2.45) is 0 Å². The fraction of sp³-hybridized carbons (Fsp3) is 0.407. The SMILES string of the molecule is O=C(Nc1c(-c2cc(F)ccc2F)ccnc1C1CCC(F)(F)CC1)c1cnc(N2CC3CC2CO3)nc1. The lowest BCUT2D eigenvalue weighted by Crippen LogP contribution is -2.38. The topological polar surface area (TPSA) is 80.2 Å². The van der Waals surface area contributed by atoms with Crippen LogP contribution in [0.5, 0.6) is 0 Å². The number of pyridine rings is 1. The van der Waals surface area contributed by atoms with Crippen LogP contribution in [0.2, 0.25) is 0 Å². The second-order valence-electron chi connectivity index (χ2n) is 10.1. The number of carbonyl (C=O) groups excluding carboxylic acids is 1. The van der Waals surface area contributed by atoms with Gasteiger partial charge < -0.3 is 15.0 Å². The van der Waals surface area contributed by atoms with E-state index < -0.39 is 23.5 Å². The summed E-state index contributed by atoms with van der Waals surface area (Å²) in [7, 11) is 0. The highest BCUT2D eigenvalue weighted by molar-refractivity contribution is 6.06. The van der Waals surface area contributed by atoms with Crippen molar-refractivity contribution in [3.63, 3.8) is 0 Å². The van der Waals surface area contributed by atoms with Crippen molar-refractivity contribution in [1.82, 2.24) is 15.0 Å². The second-order valence-corrected chi connectivity index (χ2v) is 10.1. The van der Waals surface area contributed by atoms with E-state index in [4.69, 9.17) is 4.74 Å². The summed E-state index contributed by atoms with van der Waals surface area (Å²) in [6.45, 7) is 1.31. The third-order valence-electron chi connectivity index (χ3n) is 7.60. The second kappa shape index (κ2) is 9.61. The van der Waals surface area contributed by atoms with Crippen LogP contribution in [0.3, 0.4) is 0 Å². The number of ether oxygens (including phenoxy) is 1. The quantitative estimate of drug-likeness (QED) is 0.452. The Bertz CT molecular complexity index is 1360. The Morgan fingerprint density at radius 2 is 1.82 bits per heavy atom. The van der Waals surface area contributed by atoms with Gasteiger partial charge in [0.15, 0.2) is 0 Å². The maximum atomic E-state index is 14.8. The van der Waals surface area contributed by atoms with E-state index in [0.29, 0.717) is 24.8 Å². The van der Waals surface area contributed by atoms with Crippen molar-refractivity contribution in [3.8, 4) is 11.1 Å². The standard InChI is InChI=1S/C27H25F4N5O2/c28-17-1-2-22(29)21(9-17)20-5-8-32-23(15-3-6-27(30,31)7-4-15)24(20)35-25(37)16-11-33-26(34-12-16)36-13-19-10-18(36)14-38-19/h1-2,5,8-9,11-12,15,18-19H,3-4,6-7,10,13-14H2,(H,35,37). The predicted molar refractivity (Wildman–Crippen MR) is 131 cm³/mol. The molecule has 2 bridgehead atoms. The molecule has 3 aliphatic rings. The van der Waals surface area contributed by atoms with Crippen LogP contribution in [-0.2, 0) is 4.74 Å². The van der Waals surface area contributed by atoms with Crippen LogP contribution in [-0.4, -0.2) is 52.1 Å². The molecule has 1 aromatic carbocycles. The molecule has 1 amide bonds. The smallest absolute Gasteiger partial charge is 0.258 e. The molecule has 1 aliphatic carbocycles. The van der Waals surface area contributed by atoms with Crippen LogP contribution in [0, 0.1) is 11.6 Å². The number of hydrogen-bond acceptors (Lipinski definition) is 6. The van der Waals surface area contributed by atoms with E-state index >= 15 is 0 Å². The van der Waals surface area contributed by atoms with Crippen LogP contribution < -0.4 is 10.2 Å². The summed E-state index contributed by atoms with van der Waals surface area (Å²) in [5.74, 6) is -4.55. The lowest BCUT2D eigenvalue weighted by Gasteiger charge is -2.29. The number of carbonyl (C=O) groups is 1. The Labute approximate surface area is 216 Å². The maximum absolute atomic E-state index is 14.8. The number of anilines is 2. The van der Waals surface area contributed by atoms with Gasteiger partial charge in [-0.15, -0.1) is 0 Å². The summed E-state index contributed by atoms with van der Waals surface area (Å²) in [6, 6.07) is 4.71. The molecule has 2 aromatic heterocycles. The number of halogens is 4. The van der Waals surface area contributed by atoms with Gasteiger partial charge in [0.25, 0.3) is 5.91 Å². The number of benzene rings is 1. The van der Waals surface area contributed by atoms with Gasteiger partial charge in [0.05, 0.1) is 35.7 Å². The number of alkyl halides is 2. The van der Waals surface area contributed by atoms with Crippen molar-refractivity contribution in [3.05, 3.63) is 65.7 Å². The van der Waals surface area contributed by atoms with Gasteiger partial charge in [0.2, 0.25) is 11.9 Å². The molecule has 0 radical (unpaired) electrons. The molecule has 2 saturated heterocycles. The molecule has 38 heavy (non-hydrogen) atoms. The largest absolute Gasteiger partial charge is 0.374 e. The molecular formula is C27H25F4N5O2. The molecule has 2 unspecified atom stereocenters. The molecule has 2 aliphatic heterocycles. The molecule has 4 heterocycles. The number of amides is 1. The Balaban J connectivity index is 1.32. The van der Waals surface area contributed by atoms with E-state index in [2.05, 4.69) is 25.2 Å². The van der Waals surface area contributed by atoms with Crippen molar-refractivity contribution >= 4 is 17.5 Å². The van der Waals surface area contributed by atoms with Crippen molar-refractivity contribution in [2.75, 3.05) is 23.4 Å². The number of morpholine rings is 1. The number of nitrogens with zero attached hydrogens (tertiary/aromatic N) is 4. The summed E-state index contributed by atoms with van der Waals surface area (Å²) in [5, 5.41) is 2.78. The van der Waals surface area contributed by atoms with Gasteiger partial charge in [-0.1, -0.05) is 0 Å². The average molecular weight is 528 g/mol. The average Bonchev–Trinajstić information content (AvgIpc) is 3.55. The van der Waals surface area contributed by atoms with Gasteiger partial charge >= 0.3 is 0 Å². The van der Waals surface area contributed by atoms with Gasteiger partial charge in [0, 0.05) is 55.0 Å². The summed E-state index contributed by atoms with van der Waals surface area (Å²) < 4.78 is 62.2. The Morgan fingerprint density at radius 1 is 1.05 bits per heavy atom. The number of nitrogens with one attached hydrogen (secondary N) is 1. The molecule has 198 valence electrons. The summed E-state index contributed by atoms with van der Waals surface area (Å²) in [6.07, 6.45) is 4.99. The van der Waals surface area contributed by atoms with Crippen LogP contribution in [0.4, 0.5) is 29.2 Å². The summed E-state index contributed by atoms with van der Waals surface area (Å²) in [5.41, 5.74) is 0.826. The Hall–Kier alpha value is -3.60. The van der Waals surface area contributed by atoms with Crippen LogP contribution >= 0.6 is 0 Å². The van der Waals surface area contributed by atoms with Gasteiger partial charge in [-0.2, -0.15) is 0 Å². The number of hydrogen-bond donors (Lipinski definition) is 1. The lowest BCUT2D eigenvalue weighted by molar-refractivity contribution is -0.0384. The van der Waals surface area contributed by atoms with Crippen LogP contribution in [0.1, 0.15) is 54.1 Å². The summed E-state index contributed by atoms with van der Waals surface area (Å²) in [4.78, 5) is 28.5. The van der Waals surface area contributed by atoms with Crippen molar-refractivity contribution < 1.29 is 27.1 Å². The van der Waals surface area contributed by atoms with E-state index in [-0.39, 0.29) is 66.1 Å². The van der Waals surface area contributed by atoms with E-state index in [1.54, 1.807) is 0 Å². The molecule has 0 spiro atoms. The number of aromatic nitrogens is 3. The Kier molecular flexibility index (Phi) is 6.25. The van der Waals surface area contributed by atoms with E-state index in [1.165, 1.54) is 24.7 Å². The zero-order valence-corrected chi connectivity index (χ0v) is 20.3. The minimum atomic E-state index is -2.76. The first kappa shape index (κ1) is 24.7. The van der Waals surface area contributed by atoms with Gasteiger partial charge in [0.1, 0.15) is 11.6 Å². The monoisotopic (exact) mass is 527 g/mol. The molecule has 3 aromatic rings. The fourth-order valence-electron chi connectivity index (χ4n) is 5.58. The maximum Gasteiger partial charge on any atom is 0.258 e. The molecule has 6 rings (SSSR count). The van der Waals surface area contributed by atoms with E-state index in [0.717, 1.165) is 24.6 Å². The van der Waals surface area contributed by atoms with Crippen LogP contribution in [0.15, 0.2) is 42.9 Å². The third kappa shape index (κ3) is 4.70. The minimum Gasteiger partial charge on any atom is -0.374 e. The highest BCUT2D eigenvalue weighted by Crippen LogP contribution is 2.44. The van der Waals surface area contributed by atoms with Gasteiger partial charge in [-0.25, -0.2) is 27.5 Å². The first-order valence-corrected chi connectivity index (χ1v) is 12.6. The molecule has 2 atom stereocenters. The molecule has 7 nitrogen and oxygen atoms in total. The molecule has 1 N–H and O–H groups in total. The zero-order valence-electron chi connectivity index (χ0n) is 20.3. The Morgan fingerprint density at radius 3 is 2.50 bits per heavy atom. The molecule has 11 heteroatoms. The number of rotatable bonds is 5. The predicted octanol–water partition coefficient (Wildman–Crippen LogP) is 5.34. The normalized spacial score (nSPS) is 22.6. The lowest BCUT2D eigenvalue weighted by atomic mass is 9.83. The highest BCUT2D eigenvalue weighted by atomic mass is 19.3. The molecule has 1 saturated carbocycles. The first-order valence-electron chi connectivity index (χ1n) is 12.6. The van der Waals surface area contributed by atoms with Gasteiger partial charge in [-0.3, -0.25) is 9.78 Å². The minimum absolute atomic E-state index is 0.0667. The first-order chi connectivity index (χ1) is 18.3. The van der Waals surface area contributed by atoms with E-state index in [9.17, 15) is 22.4 Å². The molecular weight excluding hydrogens is 502 g/mol. The third-order valence-corrected chi connectivity index (χ3v) is 7.60. The number of fused-ring (bicyclic) bond motifs is 2.